The van der Waals surface area contributed by atoms with Crippen LogP contribution in [0.2, 0.25) is 0 Å². The Morgan fingerprint density at radius 1 is 1.11 bits per heavy atom. The van der Waals surface area contributed by atoms with Crippen LogP contribution in [0.5, 0.6) is 5.75 Å². The Labute approximate surface area is 178 Å². The number of aromatic nitrogens is 1. The molecule has 6 nitrogen and oxygen atoms in total. The van der Waals surface area contributed by atoms with Gasteiger partial charge in [0.2, 0.25) is 0 Å². The number of guanidine groups is 1. The van der Waals surface area contributed by atoms with Crippen molar-refractivity contribution in [3.8, 4) is 5.75 Å². The number of halogens is 1. The lowest BCUT2D eigenvalue weighted by Crippen LogP contribution is -2.52. The molecule has 2 heterocycles. The summed E-state index contributed by atoms with van der Waals surface area (Å²) in [6.07, 6.45) is 3.46. The zero-order valence-corrected chi connectivity index (χ0v) is 18.1. The van der Waals surface area contributed by atoms with Crippen molar-refractivity contribution in [1.82, 2.24) is 20.1 Å². The Balaban J connectivity index is 0.00000261. The monoisotopic (exact) mass is 481 g/mol. The number of nitrogens with zero attached hydrogens (tertiary/aromatic N) is 4. The molecule has 1 aromatic carbocycles. The maximum Gasteiger partial charge on any atom is 0.193 e. The van der Waals surface area contributed by atoms with E-state index in [-0.39, 0.29) is 24.0 Å². The zero-order chi connectivity index (χ0) is 18.0. The molecule has 1 aliphatic rings. The van der Waals surface area contributed by atoms with E-state index in [1.807, 2.05) is 19.2 Å². The minimum Gasteiger partial charge on any atom is -0.490 e. The van der Waals surface area contributed by atoms with Gasteiger partial charge in [-0.3, -0.25) is 14.9 Å². The highest BCUT2D eigenvalue weighted by atomic mass is 127. The van der Waals surface area contributed by atoms with Crippen LogP contribution in [-0.2, 0) is 6.54 Å². The molecule has 1 N–H and O–H groups in total. The van der Waals surface area contributed by atoms with Crippen molar-refractivity contribution in [2.45, 2.75) is 6.54 Å². The number of nitrogens with one attached hydrogen (secondary N) is 1. The highest BCUT2D eigenvalue weighted by molar-refractivity contribution is 14.0. The summed E-state index contributed by atoms with van der Waals surface area (Å²) in [5.41, 5.74) is 1.37. The normalized spacial score (nSPS) is 15.1. The molecule has 0 bridgehead atoms. The maximum atomic E-state index is 5.66. The minimum absolute atomic E-state index is 0. The SMILES string of the molecule is CN=C(NCCOc1cccnc1)N1CCN(Cc2ccccc2)CC1.I. The Kier molecular flexibility index (Phi) is 9.34. The highest BCUT2D eigenvalue weighted by Gasteiger charge is 2.19. The number of aliphatic imine (C=N–C) groups is 1. The van der Waals surface area contributed by atoms with Crippen LogP contribution in [0.25, 0.3) is 0 Å². The predicted molar refractivity (Wildman–Crippen MR) is 120 cm³/mol. The second kappa shape index (κ2) is 11.8. The molecule has 0 aliphatic carbocycles. The van der Waals surface area contributed by atoms with Crippen molar-refractivity contribution in [2.75, 3.05) is 46.4 Å². The van der Waals surface area contributed by atoms with Crippen molar-refractivity contribution < 1.29 is 4.74 Å². The minimum atomic E-state index is 0. The predicted octanol–water partition coefficient (Wildman–Crippen LogP) is 2.47. The fourth-order valence-electron chi connectivity index (χ4n) is 3.06. The Bertz CT molecular complexity index is 675. The fraction of sp³-hybridized carbons (Fsp3) is 0.400. The molecular formula is C20H28IN5O. The average Bonchev–Trinajstić information content (AvgIpc) is 2.70. The van der Waals surface area contributed by atoms with E-state index < -0.39 is 0 Å². The van der Waals surface area contributed by atoms with Gasteiger partial charge in [0.1, 0.15) is 12.4 Å². The first-order chi connectivity index (χ1) is 12.8. The van der Waals surface area contributed by atoms with Crippen molar-refractivity contribution in [3.05, 3.63) is 60.4 Å². The molecule has 1 saturated heterocycles. The molecule has 0 spiro atoms. The first-order valence-corrected chi connectivity index (χ1v) is 9.10. The first kappa shape index (κ1) is 21.4. The van der Waals surface area contributed by atoms with Crippen molar-refractivity contribution in [1.29, 1.82) is 0 Å². The summed E-state index contributed by atoms with van der Waals surface area (Å²) < 4.78 is 5.66. The van der Waals surface area contributed by atoms with Gasteiger partial charge in [-0.15, -0.1) is 24.0 Å². The highest BCUT2D eigenvalue weighted by Crippen LogP contribution is 2.09. The van der Waals surface area contributed by atoms with Gasteiger partial charge in [-0.2, -0.15) is 0 Å². The molecule has 7 heteroatoms. The Morgan fingerprint density at radius 3 is 2.56 bits per heavy atom. The van der Waals surface area contributed by atoms with Gasteiger partial charge in [-0.1, -0.05) is 30.3 Å². The molecule has 0 amide bonds. The molecule has 1 fully saturated rings. The number of hydrogen-bond donors (Lipinski definition) is 1. The lowest BCUT2D eigenvalue weighted by atomic mass is 10.2. The summed E-state index contributed by atoms with van der Waals surface area (Å²) in [7, 11) is 1.83. The van der Waals surface area contributed by atoms with Crippen LogP contribution in [-0.4, -0.2) is 67.1 Å². The summed E-state index contributed by atoms with van der Waals surface area (Å²) in [5.74, 6) is 1.73. The van der Waals surface area contributed by atoms with Gasteiger partial charge in [0.05, 0.1) is 12.7 Å². The smallest absolute Gasteiger partial charge is 0.193 e. The van der Waals surface area contributed by atoms with E-state index in [4.69, 9.17) is 4.74 Å². The van der Waals surface area contributed by atoms with Crippen LogP contribution in [0, 0.1) is 0 Å². The van der Waals surface area contributed by atoms with Crippen LogP contribution in [0.4, 0.5) is 0 Å². The van der Waals surface area contributed by atoms with Gasteiger partial charge in [-0.05, 0) is 17.7 Å². The number of benzene rings is 1. The third-order valence-corrected chi connectivity index (χ3v) is 4.42. The molecule has 2 aromatic rings. The van der Waals surface area contributed by atoms with Crippen LogP contribution in [0.15, 0.2) is 59.9 Å². The molecule has 146 valence electrons. The van der Waals surface area contributed by atoms with Crippen molar-refractivity contribution in [2.24, 2.45) is 4.99 Å². The quantitative estimate of drug-likeness (QED) is 0.298. The molecule has 3 rings (SSSR count). The Hall–Kier alpha value is -1.87. The van der Waals surface area contributed by atoms with E-state index in [0.717, 1.165) is 44.4 Å². The van der Waals surface area contributed by atoms with Gasteiger partial charge >= 0.3 is 0 Å². The fourth-order valence-corrected chi connectivity index (χ4v) is 3.06. The van der Waals surface area contributed by atoms with E-state index in [1.54, 1.807) is 12.4 Å². The number of hydrogen-bond acceptors (Lipinski definition) is 4. The van der Waals surface area contributed by atoms with E-state index in [2.05, 4.69) is 55.4 Å². The second-order valence-corrected chi connectivity index (χ2v) is 6.26. The molecule has 0 unspecified atom stereocenters. The van der Waals surface area contributed by atoms with E-state index >= 15 is 0 Å². The lowest BCUT2D eigenvalue weighted by Gasteiger charge is -2.36. The number of piperazine rings is 1. The molecule has 0 atom stereocenters. The molecule has 1 aliphatic heterocycles. The first-order valence-electron chi connectivity index (χ1n) is 9.10. The van der Waals surface area contributed by atoms with E-state index in [0.29, 0.717) is 13.2 Å². The summed E-state index contributed by atoms with van der Waals surface area (Å²) in [4.78, 5) is 13.3. The molecular weight excluding hydrogens is 453 g/mol. The molecule has 27 heavy (non-hydrogen) atoms. The lowest BCUT2D eigenvalue weighted by molar-refractivity contribution is 0.172. The second-order valence-electron chi connectivity index (χ2n) is 6.26. The molecule has 1 aromatic heterocycles. The standard InChI is InChI=1S/C20H27N5O.HI/c1-21-20(23-10-15-26-19-8-5-9-22-16-19)25-13-11-24(12-14-25)17-18-6-3-2-4-7-18;/h2-9,16H,10-15,17H2,1H3,(H,21,23);1H. The van der Waals surface area contributed by atoms with E-state index in [9.17, 15) is 0 Å². The van der Waals surface area contributed by atoms with Crippen LogP contribution >= 0.6 is 24.0 Å². The van der Waals surface area contributed by atoms with Crippen LogP contribution in [0.1, 0.15) is 5.56 Å². The third-order valence-electron chi connectivity index (χ3n) is 4.42. The van der Waals surface area contributed by atoms with Gasteiger partial charge < -0.3 is 15.0 Å². The summed E-state index contributed by atoms with van der Waals surface area (Å²) in [6.45, 7) is 6.36. The zero-order valence-electron chi connectivity index (χ0n) is 15.8. The number of rotatable bonds is 6. The van der Waals surface area contributed by atoms with Gasteiger partial charge in [0.25, 0.3) is 0 Å². The average molecular weight is 481 g/mol. The van der Waals surface area contributed by atoms with Gasteiger partial charge in [0, 0.05) is 46.0 Å². The van der Waals surface area contributed by atoms with Crippen molar-refractivity contribution in [3.63, 3.8) is 0 Å². The maximum absolute atomic E-state index is 5.66. The van der Waals surface area contributed by atoms with Crippen molar-refractivity contribution >= 4 is 29.9 Å². The summed E-state index contributed by atoms with van der Waals surface area (Å²) in [5, 5.41) is 3.39. The largest absolute Gasteiger partial charge is 0.490 e. The van der Waals surface area contributed by atoms with E-state index in [1.165, 1.54) is 5.56 Å². The topological polar surface area (TPSA) is 53.0 Å². The Morgan fingerprint density at radius 2 is 1.89 bits per heavy atom. The molecule has 0 saturated carbocycles. The van der Waals surface area contributed by atoms with Crippen LogP contribution < -0.4 is 10.1 Å². The number of pyridine rings is 1. The molecule has 0 radical (unpaired) electrons. The summed E-state index contributed by atoms with van der Waals surface area (Å²) in [6, 6.07) is 14.4. The van der Waals surface area contributed by atoms with Gasteiger partial charge in [0.15, 0.2) is 5.96 Å². The van der Waals surface area contributed by atoms with Gasteiger partial charge in [-0.25, -0.2) is 0 Å². The number of ether oxygens (including phenoxy) is 1. The van der Waals surface area contributed by atoms with Crippen LogP contribution in [0.3, 0.4) is 0 Å². The third kappa shape index (κ3) is 6.99. The summed E-state index contributed by atoms with van der Waals surface area (Å²) >= 11 is 0.